The van der Waals surface area contributed by atoms with Crippen molar-refractivity contribution in [2.24, 2.45) is 0 Å². The Balaban J connectivity index is 2.19. The number of nitrogen functional groups attached to an aromatic ring is 1. The van der Waals surface area contributed by atoms with E-state index in [0.717, 1.165) is 5.56 Å². The van der Waals surface area contributed by atoms with E-state index in [1.165, 1.54) is 20.2 Å². The lowest BCUT2D eigenvalue weighted by Crippen LogP contribution is -2.31. The van der Waals surface area contributed by atoms with Gasteiger partial charge in [-0.15, -0.1) is 0 Å². The molecule has 0 bridgehead atoms. The predicted octanol–water partition coefficient (Wildman–Crippen LogP) is 2.37. The van der Waals surface area contributed by atoms with Gasteiger partial charge in [-0.3, -0.25) is 10.7 Å². The molecule has 2 aromatic rings. The quantitative estimate of drug-likeness (QED) is 0.371. The first-order valence-corrected chi connectivity index (χ1v) is 8.75. The van der Waals surface area contributed by atoms with Crippen LogP contribution in [-0.4, -0.2) is 37.2 Å². The Kier molecular flexibility index (Phi) is 7.35. The molecule has 0 unspecified atom stereocenters. The first-order chi connectivity index (χ1) is 13.8. The maximum atomic E-state index is 12.3. The number of amides is 3. The van der Waals surface area contributed by atoms with Crippen LogP contribution < -0.4 is 21.7 Å². The van der Waals surface area contributed by atoms with Gasteiger partial charge in [0.2, 0.25) is 5.90 Å². The number of rotatable bonds is 6. The topological polar surface area (TPSA) is 151 Å². The molecule has 1 aromatic carbocycles. The van der Waals surface area contributed by atoms with E-state index in [1.54, 1.807) is 0 Å². The van der Waals surface area contributed by atoms with E-state index in [4.69, 9.17) is 20.6 Å². The van der Waals surface area contributed by atoms with Gasteiger partial charge in [0.05, 0.1) is 24.4 Å². The Morgan fingerprint density at radius 2 is 1.97 bits per heavy atom. The highest BCUT2D eigenvalue weighted by atomic mass is 16.5. The fourth-order valence-corrected chi connectivity index (χ4v) is 2.53. The van der Waals surface area contributed by atoms with E-state index in [-0.39, 0.29) is 41.3 Å². The monoisotopic (exact) mass is 400 g/mol. The van der Waals surface area contributed by atoms with Gasteiger partial charge in [-0.1, -0.05) is 30.3 Å². The van der Waals surface area contributed by atoms with Crippen molar-refractivity contribution >= 4 is 29.5 Å². The van der Waals surface area contributed by atoms with Crippen LogP contribution in [0.15, 0.2) is 36.4 Å². The Morgan fingerprint density at radius 1 is 1.28 bits per heavy atom. The number of nitrogens with two attached hydrogens (primary N) is 1. The second-order valence-corrected chi connectivity index (χ2v) is 6.01. The zero-order chi connectivity index (χ0) is 21.4. The van der Waals surface area contributed by atoms with Crippen LogP contribution in [0.3, 0.4) is 0 Å². The van der Waals surface area contributed by atoms with Crippen LogP contribution in [0.5, 0.6) is 0 Å². The Morgan fingerprint density at radius 3 is 2.59 bits per heavy atom. The van der Waals surface area contributed by atoms with E-state index in [9.17, 15) is 9.59 Å². The van der Waals surface area contributed by atoms with Crippen LogP contribution in [0.1, 0.15) is 29.8 Å². The number of methoxy groups -OCH3 is 1. The number of benzene rings is 1. The molecule has 0 saturated carbocycles. The molecule has 0 saturated heterocycles. The van der Waals surface area contributed by atoms with Gasteiger partial charge in [-0.05, 0) is 12.5 Å². The Labute approximate surface area is 168 Å². The fourth-order valence-electron chi connectivity index (χ4n) is 2.53. The molecular weight excluding hydrogens is 376 g/mol. The molecule has 6 N–H and O–H groups in total. The molecular formula is C19H24N6O4. The lowest BCUT2D eigenvalue weighted by Gasteiger charge is -2.17. The van der Waals surface area contributed by atoms with E-state index in [2.05, 4.69) is 20.9 Å². The number of anilines is 2. The summed E-state index contributed by atoms with van der Waals surface area (Å²) in [6, 6.07) is 10.2. The number of urea groups is 1. The third-order valence-corrected chi connectivity index (χ3v) is 3.99. The summed E-state index contributed by atoms with van der Waals surface area (Å²) in [7, 11) is 2.73. The van der Waals surface area contributed by atoms with Crippen LogP contribution in [0.25, 0.3) is 0 Å². The van der Waals surface area contributed by atoms with E-state index in [1.807, 2.05) is 37.3 Å². The molecule has 2 rings (SSSR count). The number of nitrogens with one attached hydrogen (secondary N) is 4. The van der Waals surface area contributed by atoms with Gasteiger partial charge in [0.15, 0.2) is 0 Å². The van der Waals surface area contributed by atoms with Crippen LogP contribution in [0, 0.1) is 5.41 Å². The van der Waals surface area contributed by atoms with Gasteiger partial charge in [0.1, 0.15) is 12.4 Å². The fraction of sp³-hybridized carbons (Fsp3) is 0.263. The number of hydrogen-bond acceptors (Lipinski definition) is 7. The molecule has 0 aliphatic heterocycles. The van der Waals surface area contributed by atoms with Crippen molar-refractivity contribution in [2.75, 3.05) is 25.2 Å². The number of ether oxygens (including phenoxy) is 2. The summed E-state index contributed by atoms with van der Waals surface area (Å²) in [5.74, 6) is -0.0948. The van der Waals surface area contributed by atoms with Crippen molar-refractivity contribution in [3.8, 4) is 0 Å². The van der Waals surface area contributed by atoms with Crippen molar-refractivity contribution in [1.29, 1.82) is 5.41 Å². The van der Waals surface area contributed by atoms with E-state index < -0.39 is 12.1 Å². The molecule has 154 valence electrons. The summed E-state index contributed by atoms with van der Waals surface area (Å²) in [6.07, 6.45) is -0.673. The number of aromatic nitrogens is 1. The molecule has 0 aliphatic carbocycles. The Hall–Kier alpha value is -3.82. The van der Waals surface area contributed by atoms with Crippen molar-refractivity contribution < 1.29 is 19.1 Å². The highest BCUT2D eigenvalue weighted by Gasteiger charge is 2.19. The normalized spacial score (nSPS) is 11.1. The van der Waals surface area contributed by atoms with Gasteiger partial charge < -0.3 is 25.8 Å². The molecule has 10 heteroatoms. The Bertz CT molecular complexity index is 888. The molecule has 0 aliphatic rings. The summed E-state index contributed by atoms with van der Waals surface area (Å²) < 4.78 is 9.92. The first kappa shape index (κ1) is 21.5. The zero-order valence-electron chi connectivity index (χ0n) is 16.4. The first-order valence-electron chi connectivity index (χ1n) is 8.75. The van der Waals surface area contributed by atoms with Crippen LogP contribution in [-0.2, 0) is 16.1 Å². The van der Waals surface area contributed by atoms with Crippen molar-refractivity contribution in [3.05, 3.63) is 53.2 Å². The summed E-state index contributed by atoms with van der Waals surface area (Å²) in [4.78, 5) is 28.0. The molecule has 3 amide bonds. The van der Waals surface area contributed by atoms with E-state index in [0.29, 0.717) is 0 Å². The minimum Gasteiger partial charge on any atom is -0.481 e. The van der Waals surface area contributed by atoms with E-state index >= 15 is 0 Å². The van der Waals surface area contributed by atoms with Gasteiger partial charge in [0, 0.05) is 18.8 Å². The molecule has 0 radical (unpaired) electrons. The highest BCUT2D eigenvalue weighted by molar-refractivity contribution is 5.99. The molecule has 1 aromatic heterocycles. The van der Waals surface area contributed by atoms with Crippen molar-refractivity contribution in [1.82, 2.24) is 15.6 Å². The number of alkyl carbamates (subject to hydrolysis) is 1. The number of carbonyl (C=O) groups excluding carboxylic acids is 2. The summed E-state index contributed by atoms with van der Waals surface area (Å²) in [5.41, 5.74) is 7.46. The van der Waals surface area contributed by atoms with Crippen LogP contribution in [0.4, 0.5) is 21.1 Å². The number of hydrogen-bond donors (Lipinski definition) is 5. The van der Waals surface area contributed by atoms with Gasteiger partial charge in [-0.25, -0.2) is 14.6 Å². The summed E-state index contributed by atoms with van der Waals surface area (Å²) in [5, 5.41) is 15.6. The number of pyridine rings is 1. The lowest BCUT2D eigenvalue weighted by atomic mass is 10.1. The lowest BCUT2D eigenvalue weighted by molar-refractivity contribution is 0.140. The molecule has 0 spiro atoms. The SMILES string of the molecule is CNC(=O)OCc1nc(NC(=O)N[C@H](C)c2ccccc2)cc(N)c1C(=N)OC. The standard InChI is InChI=1S/C19H24N6O4/c1-11(12-7-5-4-6-8-12)23-18(26)25-15-9-13(20)16(17(21)28-3)14(24-15)10-29-19(27)22-2/h4-9,11,21H,10H2,1-3H3,(H,22,27)(H4,20,23,24,25,26)/t11-/m1/s1. The largest absolute Gasteiger partial charge is 0.481 e. The molecule has 10 nitrogen and oxygen atoms in total. The van der Waals surface area contributed by atoms with Crippen LogP contribution >= 0.6 is 0 Å². The zero-order valence-corrected chi connectivity index (χ0v) is 16.4. The smallest absolute Gasteiger partial charge is 0.407 e. The number of carbonyl (C=O) groups is 2. The summed E-state index contributed by atoms with van der Waals surface area (Å²) in [6.45, 7) is 1.59. The van der Waals surface area contributed by atoms with Gasteiger partial charge in [-0.2, -0.15) is 0 Å². The second-order valence-electron chi connectivity index (χ2n) is 6.01. The minimum absolute atomic E-state index is 0.142. The summed E-state index contributed by atoms with van der Waals surface area (Å²) >= 11 is 0. The second kappa shape index (κ2) is 9.93. The molecule has 1 heterocycles. The minimum atomic E-state index is -0.673. The van der Waals surface area contributed by atoms with Crippen molar-refractivity contribution in [2.45, 2.75) is 19.6 Å². The van der Waals surface area contributed by atoms with Crippen molar-refractivity contribution in [3.63, 3.8) is 0 Å². The molecule has 29 heavy (non-hydrogen) atoms. The van der Waals surface area contributed by atoms with Gasteiger partial charge >= 0.3 is 12.1 Å². The number of nitrogens with zero attached hydrogens (tertiary/aromatic N) is 1. The van der Waals surface area contributed by atoms with Crippen LogP contribution in [0.2, 0.25) is 0 Å². The maximum Gasteiger partial charge on any atom is 0.407 e. The predicted molar refractivity (Wildman–Crippen MR) is 109 cm³/mol. The average molecular weight is 400 g/mol. The molecule has 0 fully saturated rings. The molecule has 1 atom stereocenters. The third-order valence-electron chi connectivity index (χ3n) is 3.99. The third kappa shape index (κ3) is 5.83. The highest BCUT2D eigenvalue weighted by Crippen LogP contribution is 2.22. The van der Waals surface area contributed by atoms with Gasteiger partial charge in [0.25, 0.3) is 0 Å². The average Bonchev–Trinajstić information content (AvgIpc) is 2.71. The maximum absolute atomic E-state index is 12.3.